The summed E-state index contributed by atoms with van der Waals surface area (Å²) in [6.45, 7) is 2.17. The van der Waals surface area contributed by atoms with Gasteiger partial charge < -0.3 is 15.2 Å². The Morgan fingerprint density at radius 3 is 2.83 bits per heavy atom. The molecule has 5 nitrogen and oxygen atoms in total. The normalized spacial score (nSPS) is 10.1. The number of benzene rings is 1. The topological polar surface area (TPSA) is 67.2 Å². The first-order valence-corrected chi connectivity index (χ1v) is 5.68. The van der Waals surface area contributed by atoms with E-state index in [9.17, 15) is 4.79 Å². The van der Waals surface area contributed by atoms with E-state index in [4.69, 9.17) is 4.52 Å². The predicted molar refractivity (Wildman–Crippen MR) is 68.4 cm³/mol. The summed E-state index contributed by atoms with van der Waals surface area (Å²) < 4.78 is 4.93. The number of hydrogen-bond acceptors (Lipinski definition) is 4. The molecule has 2 N–H and O–H groups in total. The second-order valence-corrected chi connectivity index (χ2v) is 3.91. The highest BCUT2D eigenvalue weighted by molar-refractivity contribution is 5.99. The van der Waals surface area contributed by atoms with Crippen LogP contribution >= 0.6 is 0 Å². The van der Waals surface area contributed by atoms with Crippen LogP contribution in [0.2, 0.25) is 0 Å². The van der Waals surface area contributed by atoms with Gasteiger partial charge in [-0.05, 0) is 19.1 Å². The molecule has 1 aromatic carbocycles. The van der Waals surface area contributed by atoms with E-state index in [0.29, 0.717) is 17.8 Å². The van der Waals surface area contributed by atoms with Gasteiger partial charge in [-0.2, -0.15) is 0 Å². The minimum atomic E-state index is -0.138. The Labute approximate surface area is 105 Å². The zero-order valence-electron chi connectivity index (χ0n) is 10.4. The molecular weight excluding hydrogens is 230 g/mol. The molecule has 0 spiro atoms. The minimum absolute atomic E-state index is 0.138. The van der Waals surface area contributed by atoms with Gasteiger partial charge in [0, 0.05) is 18.8 Å². The van der Waals surface area contributed by atoms with Gasteiger partial charge in [0.15, 0.2) is 0 Å². The van der Waals surface area contributed by atoms with Gasteiger partial charge in [-0.1, -0.05) is 17.3 Å². The highest BCUT2D eigenvalue weighted by Crippen LogP contribution is 2.13. The third-order valence-electron chi connectivity index (χ3n) is 2.55. The van der Waals surface area contributed by atoms with E-state index in [1.165, 1.54) is 0 Å². The Hall–Kier alpha value is -2.30. The average Bonchev–Trinajstić information content (AvgIpc) is 2.81. The van der Waals surface area contributed by atoms with Gasteiger partial charge >= 0.3 is 0 Å². The molecular formula is C13H15N3O2. The molecule has 18 heavy (non-hydrogen) atoms. The summed E-state index contributed by atoms with van der Waals surface area (Å²) in [6.07, 6.45) is 0. The van der Waals surface area contributed by atoms with Crippen molar-refractivity contribution in [1.82, 2.24) is 10.5 Å². The summed E-state index contributed by atoms with van der Waals surface area (Å²) in [7, 11) is 1.78. The Kier molecular flexibility index (Phi) is 3.62. The molecule has 1 aromatic heterocycles. The zero-order valence-corrected chi connectivity index (χ0v) is 10.4. The molecule has 0 fully saturated rings. The molecule has 0 atom stereocenters. The number of carbonyl (C=O) groups excluding carboxylic acids is 1. The van der Waals surface area contributed by atoms with Crippen molar-refractivity contribution < 1.29 is 9.32 Å². The lowest BCUT2D eigenvalue weighted by atomic mass is 10.1. The van der Waals surface area contributed by atoms with E-state index < -0.39 is 0 Å². The second-order valence-electron chi connectivity index (χ2n) is 3.91. The molecule has 0 aliphatic carbocycles. The van der Waals surface area contributed by atoms with Gasteiger partial charge in [0.05, 0.1) is 12.1 Å². The smallest absolute Gasteiger partial charge is 0.253 e. The van der Waals surface area contributed by atoms with Gasteiger partial charge in [-0.25, -0.2) is 0 Å². The molecule has 5 heteroatoms. The first-order chi connectivity index (χ1) is 8.70. The summed E-state index contributed by atoms with van der Waals surface area (Å²) in [6, 6.07) is 9.13. The number of para-hydroxylation sites is 1. The zero-order chi connectivity index (χ0) is 13.0. The van der Waals surface area contributed by atoms with Gasteiger partial charge in [-0.15, -0.1) is 0 Å². The van der Waals surface area contributed by atoms with Crippen LogP contribution in [-0.4, -0.2) is 18.1 Å². The number of nitrogens with one attached hydrogen (secondary N) is 2. The number of aromatic nitrogens is 1. The fraction of sp³-hybridized carbons (Fsp3) is 0.231. The summed E-state index contributed by atoms with van der Waals surface area (Å²) >= 11 is 0. The van der Waals surface area contributed by atoms with E-state index in [-0.39, 0.29) is 5.91 Å². The van der Waals surface area contributed by atoms with E-state index in [1.807, 2.05) is 25.1 Å². The van der Waals surface area contributed by atoms with Crippen LogP contribution in [0.3, 0.4) is 0 Å². The summed E-state index contributed by atoms with van der Waals surface area (Å²) in [5.41, 5.74) is 2.12. The first-order valence-electron chi connectivity index (χ1n) is 5.68. The molecule has 2 aromatic rings. The SMILES string of the molecule is CNc1ccccc1C(=O)NCc1cc(C)on1. The van der Waals surface area contributed by atoms with Crippen LogP contribution in [0.25, 0.3) is 0 Å². The lowest BCUT2D eigenvalue weighted by Crippen LogP contribution is -2.23. The van der Waals surface area contributed by atoms with Gasteiger partial charge in [0.1, 0.15) is 11.5 Å². The largest absolute Gasteiger partial charge is 0.387 e. The molecule has 0 aliphatic heterocycles. The molecule has 94 valence electrons. The fourth-order valence-electron chi connectivity index (χ4n) is 1.67. The third-order valence-corrected chi connectivity index (χ3v) is 2.55. The molecule has 0 aliphatic rings. The van der Waals surface area contributed by atoms with Gasteiger partial charge in [0.2, 0.25) is 0 Å². The van der Waals surface area contributed by atoms with Crippen LogP contribution < -0.4 is 10.6 Å². The molecule has 0 saturated carbocycles. The summed E-state index contributed by atoms with van der Waals surface area (Å²) in [4.78, 5) is 12.0. The number of aryl methyl sites for hydroxylation is 1. The summed E-state index contributed by atoms with van der Waals surface area (Å²) in [5.74, 6) is 0.593. The minimum Gasteiger partial charge on any atom is -0.387 e. The monoisotopic (exact) mass is 245 g/mol. The summed E-state index contributed by atoms with van der Waals surface area (Å²) in [5, 5.41) is 9.60. The van der Waals surface area contributed by atoms with Crippen LogP contribution in [0.15, 0.2) is 34.9 Å². The number of hydrogen-bond donors (Lipinski definition) is 2. The quantitative estimate of drug-likeness (QED) is 0.864. The van der Waals surface area contributed by atoms with Crippen molar-refractivity contribution in [3.05, 3.63) is 47.3 Å². The molecule has 1 heterocycles. The lowest BCUT2D eigenvalue weighted by molar-refractivity contribution is 0.0951. The van der Waals surface area contributed by atoms with Crippen molar-refractivity contribution in [1.29, 1.82) is 0 Å². The average molecular weight is 245 g/mol. The maximum atomic E-state index is 12.0. The van der Waals surface area contributed by atoms with Crippen LogP contribution in [-0.2, 0) is 6.54 Å². The van der Waals surface area contributed by atoms with E-state index >= 15 is 0 Å². The van der Waals surface area contributed by atoms with Crippen molar-refractivity contribution >= 4 is 11.6 Å². The van der Waals surface area contributed by atoms with Crippen LogP contribution in [0.4, 0.5) is 5.69 Å². The number of carbonyl (C=O) groups is 1. The Balaban J connectivity index is 2.03. The van der Waals surface area contributed by atoms with Crippen molar-refractivity contribution in [3.63, 3.8) is 0 Å². The molecule has 0 bridgehead atoms. The van der Waals surface area contributed by atoms with Crippen molar-refractivity contribution in [2.45, 2.75) is 13.5 Å². The molecule has 2 rings (SSSR count). The van der Waals surface area contributed by atoms with E-state index in [2.05, 4.69) is 15.8 Å². The van der Waals surface area contributed by atoms with E-state index in [0.717, 1.165) is 11.4 Å². The number of amides is 1. The Morgan fingerprint density at radius 1 is 1.39 bits per heavy atom. The van der Waals surface area contributed by atoms with Gasteiger partial charge in [-0.3, -0.25) is 4.79 Å². The van der Waals surface area contributed by atoms with Crippen LogP contribution in [0.5, 0.6) is 0 Å². The standard InChI is InChI=1S/C13H15N3O2/c1-9-7-10(16-18-9)8-15-13(17)11-5-3-4-6-12(11)14-2/h3-7,14H,8H2,1-2H3,(H,15,17). The molecule has 1 amide bonds. The lowest BCUT2D eigenvalue weighted by Gasteiger charge is -2.08. The second kappa shape index (κ2) is 5.35. The van der Waals surface area contributed by atoms with Crippen molar-refractivity contribution in [3.8, 4) is 0 Å². The Morgan fingerprint density at radius 2 is 2.17 bits per heavy atom. The molecule has 0 radical (unpaired) electrons. The van der Waals surface area contributed by atoms with Crippen molar-refractivity contribution in [2.24, 2.45) is 0 Å². The highest BCUT2D eigenvalue weighted by Gasteiger charge is 2.10. The first kappa shape index (κ1) is 12.2. The third kappa shape index (κ3) is 2.68. The number of rotatable bonds is 4. The maximum Gasteiger partial charge on any atom is 0.253 e. The number of anilines is 1. The Bertz CT molecular complexity index is 549. The van der Waals surface area contributed by atoms with Crippen LogP contribution in [0, 0.1) is 6.92 Å². The molecule has 0 saturated heterocycles. The molecule has 0 unspecified atom stereocenters. The fourth-order valence-corrected chi connectivity index (χ4v) is 1.67. The maximum absolute atomic E-state index is 12.0. The van der Waals surface area contributed by atoms with Crippen molar-refractivity contribution in [2.75, 3.05) is 12.4 Å². The van der Waals surface area contributed by atoms with Gasteiger partial charge in [0.25, 0.3) is 5.91 Å². The predicted octanol–water partition coefficient (Wildman–Crippen LogP) is 1.95. The van der Waals surface area contributed by atoms with Crippen LogP contribution in [0.1, 0.15) is 21.8 Å². The van der Waals surface area contributed by atoms with E-state index in [1.54, 1.807) is 19.2 Å². The number of nitrogens with zero attached hydrogens (tertiary/aromatic N) is 1. The highest BCUT2D eigenvalue weighted by atomic mass is 16.5.